The number of rotatable bonds is 8. The monoisotopic (exact) mass is 307 g/mol. The van der Waals surface area contributed by atoms with Crippen molar-refractivity contribution in [1.82, 2.24) is 4.90 Å². The van der Waals surface area contributed by atoms with Crippen LogP contribution in [-0.4, -0.2) is 37.1 Å². The van der Waals surface area contributed by atoms with Gasteiger partial charge in [-0.3, -0.25) is 4.79 Å². The first-order valence-electron chi connectivity index (χ1n) is 7.85. The third kappa shape index (κ3) is 4.42. The van der Waals surface area contributed by atoms with E-state index < -0.39 is 0 Å². The lowest BCUT2D eigenvalue weighted by molar-refractivity contribution is -0.146. The lowest BCUT2D eigenvalue weighted by atomic mass is 9.90. The number of ether oxygens (including phenoxy) is 1. The predicted octanol–water partition coefficient (Wildman–Crippen LogP) is 3.68. The Kier molecular flexibility index (Phi) is 6.46. The van der Waals surface area contributed by atoms with Gasteiger partial charge in [0.2, 0.25) is 0 Å². The van der Waals surface area contributed by atoms with Gasteiger partial charge in [0.25, 0.3) is 0 Å². The molecule has 1 aromatic heterocycles. The fourth-order valence-electron chi connectivity index (χ4n) is 2.81. The van der Waals surface area contributed by atoms with Crippen LogP contribution in [0.25, 0.3) is 0 Å². The SMILES string of the molecule is CCN(CC)CCOC(=O)[C@H](c1cccs1)[C@H]1C=CCC1. The lowest BCUT2D eigenvalue weighted by Crippen LogP contribution is -2.29. The van der Waals surface area contributed by atoms with E-state index in [1.807, 2.05) is 17.5 Å². The minimum Gasteiger partial charge on any atom is -0.464 e. The van der Waals surface area contributed by atoms with E-state index in [0.717, 1.165) is 37.4 Å². The van der Waals surface area contributed by atoms with Crippen molar-refractivity contribution in [3.8, 4) is 0 Å². The highest BCUT2D eigenvalue weighted by molar-refractivity contribution is 7.10. The largest absolute Gasteiger partial charge is 0.464 e. The second kappa shape index (κ2) is 8.35. The Labute approximate surface area is 131 Å². The van der Waals surface area contributed by atoms with Crippen molar-refractivity contribution in [3.05, 3.63) is 34.5 Å². The van der Waals surface area contributed by atoms with E-state index in [0.29, 0.717) is 12.5 Å². The van der Waals surface area contributed by atoms with Crippen molar-refractivity contribution in [2.75, 3.05) is 26.2 Å². The van der Waals surface area contributed by atoms with Crippen LogP contribution in [0.15, 0.2) is 29.7 Å². The molecule has 0 aromatic carbocycles. The maximum atomic E-state index is 12.5. The fourth-order valence-corrected chi connectivity index (χ4v) is 3.70. The number of allylic oxidation sites excluding steroid dienone is 2. The molecule has 4 heteroatoms. The number of likely N-dealkylation sites (N-methyl/N-ethyl adjacent to an activating group) is 1. The molecule has 2 atom stereocenters. The van der Waals surface area contributed by atoms with Crippen LogP contribution in [0.3, 0.4) is 0 Å². The molecule has 0 saturated carbocycles. The minimum atomic E-state index is -0.125. The number of carbonyl (C=O) groups excluding carboxylic acids is 1. The molecule has 0 bridgehead atoms. The second-order valence-corrected chi connectivity index (χ2v) is 6.34. The fraction of sp³-hybridized carbons (Fsp3) is 0.588. The Morgan fingerprint density at radius 2 is 2.29 bits per heavy atom. The van der Waals surface area contributed by atoms with Crippen molar-refractivity contribution in [3.63, 3.8) is 0 Å². The van der Waals surface area contributed by atoms with Crippen LogP contribution in [0.4, 0.5) is 0 Å². The summed E-state index contributed by atoms with van der Waals surface area (Å²) in [6.07, 6.45) is 6.47. The first-order chi connectivity index (χ1) is 10.3. The van der Waals surface area contributed by atoms with Crippen LogP contribution in [0, 0.1) is 5.92 Å². The summed E-state index contributed by atoms with van der Waals surface area (Å²) in [4.78, 5) is 15.9. The van der Waals surface area contributed by atoms with E-state index in [4.69, 9.17) is 4.74 Å². The summed E-state index contributed by atoms with van der Waals surface area (Å²) < 4.78 is 5.57. The molecule has 116 valence electrons. The maximum absolute atomic E-state index is 12.5. The topological polar surface area (TPSA) is 29.5 Å². The zero-order valence-corrected chi connectivity index (χ0v) is 13.8. The Morgan fingerprint density at radius 1 is 1.48 bits per heavy atom. The molecule has 0 radical (unpaired) electrons. The summed E-state index contributed by atoms with van der Waals surface area (Å²) in [5, 5.41) is 2.03. The number of thiophene rings is 1. The van der Waals surface area contributed by atoms with E-state index in [1.165, 1.54) is 0 Å². The van der Waals surface area contributed by atoms with E-state index in [2.05, 4.69) is 30.9 Å². The van der Waals surface area contributed by atoms with Crippen molar-refractivity contribution >= 4 is 17.3 Å². The molecule has 0 N–H and O–H groups in total. The molecule has 1 aromatic rings. The summed E-state index contributed by atoms with van der Waals surface area (Å²) in [5.41, 5.74) is 0. The summed E-state index contributed by atoms with van der Waals surface area (Å²) in [7, 11) is 0. The third-order valence-electron chi connectivity index (χ3n) is 4.13. The van der Waals surface area contributed by atoms with Crippen LogP contribution in [0.1, 0.15) is 37.5 Å². The number of carbonyl (C=O) groups is 1. The summed E-state index contributed by atoms with van der Waals surface area (Å²) in [6, 6.07) is 4.06. The van der Waals surface area contributed by atoms with E-state index in [-0.39, 0.29) is 11.9 Å². The smallest absolute Gasteiger partial charge is 0.314 e. The van der Waals surface area contributed by atoms with Gasteiger partial charge in [0, 0.05) is 11.4 Å². The van der Waals surface area contributed by atoms with E-state index >= 15 is 0 Å². The summed E-state index contributed by atoms with van der Waals surface area (Å²) in [5.74, 6) is 0.103. The third-order valence-corrected chi connectivity index (χ3v) is 5.08. The molecular formula is C17H25NO2S. The molecule has 1 aliphatic rings. The van der Waals surface area contributed by atoms with Gasteiger partial charge in [0.1, 0.15) is 6.61 Å². The lowest BCUT2D eigenvalue weighted by Gasteiger charge is -2.22. The molecule has 2 rings (SSSR count). The molecule has 0 unspecified atom stereocenters. The molecule has 1 heterocycles. The van der Waals surface area contributed by atoms with Gasteiger partial charge < -0.3 is 9.64 Å². The first-order valence-corrected chi connectivity index (χ1v) is 8.73. The first kappa shape index (κ1) is 16.2. The van der Waals surface area contributed by atoms with Crippen LogP contribution in [0.5, 0.6) is 0 Å². The van der Waals surface area contributed by atoms with E-state index in [1.54, 1.807) is 11.3 Å². The standard InChI is InChI=1S/C17H25NO2S/c1-3-18(4-2)11-12-20-17(19)16(14-8-5-6-9-14)15-10-7-13-21-15/h5,7-8,10,13-14,16H,3-4,6,9,11-12H2,1-2H3/t14-,16-/m0/s1. The van der Waals surface area contributed by atoms with Gasteiger partial charge in [-0.1, -0.05) is 32.1 Å². The normalized spacial score (nSPS) is 19.1. The zero-order valence-electron chi connectivity index (χ0n) is 13.0. The van der Waals surface area contributed by atoms with Crippen LogP contribution in [0.2, 0.25) is 0 Å². The highest BCUT2D eigenvalue weighted by Crippen LogP contribution is 2.36. The Balaban J connectivity index is 1.94. The van der Waals surface area contributed by atoms with Gasteiger partial charge in [-0.05, 0) is 43.3 Å². The Hall–Kier alpha value is -1.13. The zero-order chi connectivity index (χ0) is 15.1. The minimum absolute atomic E-state index is 0.0684. The van der Waals surface area contributed by atoms with Gasteiger partial charge in [-0.15, -0.1) is 11.3 Å². The highest BCUT2D eigenvalue weighted by Gasteiger charge is 2.31. The molecule has 0 amide bonds. The number of hydrogen-bond acceptors (Lipinski definition) is 4. The number of esters is 1. The Morgan fingerprint density at radius 3 is 2.86 bits per heavy atom. The molecule has 3 nitrogen and oxygen atoms in total. The van der Waals surface area contributed by atoms with Gasteiger partial charge in [-0.25, -0.2) is 0 Å². The molecule has 1 aliphatic carbocycles. The average Bonchev–Trinajstić information content (AvgIpc) is 3.18. The highest BCUT2D eigenvalue weighted by atomic mass is 32.1. The van der Waals surface area contributed by atoms with Crippen molar-refractivity contribution in [2.45, 2.75) is 32.6 Å². The molecule has 0 aliphatic heterocycles. The number of hydrogen-bond donors (Lipinski definition) is 0. The van der Waals surface area contributed by atoms with Crippen molar-refractivity contribution in [1.29, 1.82) is 0 Å². The van der Waals surface area contributed by atoms with Gasteiger partial charge in [0.05, 0.1) is 5.92 Å². The predicted molar refractivity (Wildman–Crippen MR) is 87.7 cm³/mol. The molecule has 0 saturated heterocycles. The van der Waals surface area contributed by atoms with Gasteiger partial charge in [0.15, 0.2) is 0 Å². The van der Waals surface area contributed by atoms with Crippen LogP contribution >= 0.6 is 11.3 Å². The average molecular weight is 307 g/mol. The van der Waals surface area contributed by atoms with Crippen molar-refractivity contribution < 1.29 is 9.53 Å². The van der Waals surface area contributed by atoms with Crippen molar-refractivity contribution in [2.24, 2.45) is 5.92 Å². The second-order valence-electron chi connectivity index (χ2n) is 5.36. The van der Waals surface area contributed by atoms with Crippen LogP contribution in [-0.2, 0) is 9.53 Å². The summed E-state index contributed by atoms with van der Waals surface area (Å²) >= 11 is 1.65. The number of nitrogens with zero attached hydrogens (tertiary/aromatic N) is 1. The summed E-state index contributed by atoms with van der Waals surface area (Å²) in [6.45, 7) is 7.54. The molecule has 21 heavy (non-hydrogen) atoms. The van der Waals surface area contributed by atoms with Gasteiger partial charge >= 0.3 is 5.97 Å². The Bertz CT molecular complexity index is 451. The maximum Gasteiger partial charge on any atom is 0.314 e. The van der Waals surface area contributed by atoms with Gasteiger partial charge in [-0.2, -0.15) is 0 Å². The van der Waals surface area contributed by atoms with Crippen LogP contribution < -0.4 is 0 Å². The molecule has 0 fully saturated rings. The molecule has 0 spiro atoms. The quantitative estimate of drug-likeness (QED) is 0.542. The molecular weight excluding hydrogens is 282 g/mol. The van der Waals surface area contributed by atoms with E-state index in [9.17, 15) is 4.79 Å².